The number of rotatable bonds is 4. The molecule has 8 nitrogen and oxygen atoms in total. The van der Waals surface area contributed by atoms with Gasteiger partial charge in [-0.2, -0.15) is 0 Å². The Morgan fingerprint density at radius 2 is 1.91 bits per heavy atom. The summed E-state index contributed by atoms with van der Waals surface area (Å²) < 4.78 is 0. The van der Waals surface area contributed by atoms with Gasteiger partial charge in [-0.3, -0.25) is 4.79 Å². The minimum Gasteiger partial charge on any atom is -0.382 e. The van der Waals surface area contributed by atoms with Crippen LogP contribution in [0.2, 0.25) is 0 Å². The fourth-order valence-electron chi connectivity index (χ4n) is 3.97. The third-order valence-electron chi connectivity index (χ3n) is 5.66. The number of H-pyrrole nitrogens is 1. The Balaban J connectivity index is 1.36. The summed E-state index contributed by atoms with van der Waals surface area (Å²) >= 11 is 0. The molecule has 1 amide bonds. The van der Waals surface area contributed by atoms with E-state index in [4.69, 9.17) is 5.73 Å². The molecule has 0 atom stereocenters. The van der Waals surface area contributed by atoms with Crippen LogP contribution >= 0.6 is 0 Å². The highest BCUT2D eigenvalue weighted by Crippen LogP contribution is 2.24. The maximum absolute atomic E-state index is 12.9. The number of anilines is 3. The van der Waals surface area contributed by atoms with Crippen molar-refractivity contribution in [2.24, 2.45) is 0 Å². The second-order valence-corrected chi connectivity index (χ2v) is 7.85. The molecular formula is C24H25N7O. The van der Waals surface area contributed by atoms with Crippen molar-refractivity contribution in [1.29, 1.82) is 0 Å². The molecule has 8 heteroatoms. The molecule has 32 heavy (non-hydrogen) atoms. The zero-order valence-corrected chi connectivity index (χ0v) is 17.6. The van der Waals surface area contributed by atoms with Crippen LogP contribution in [0, 0.1) is 0 Å². The first kappa shape index (κ1) is 20.0. The lowest BCUT2D eigenvalue weighted by Crippen LogP contribution is -2.27. The van der Waals surface area contributed by atoms with E-state index in [1.165, 1.54) is 5.69 Å². The zero-order chi connectivity index (χ0) is 21.9. The number of carbonyl (C=O) groups excluding carboxylic acids is 1. The van der Waals surface area contributed by atoms with Gasteiger partial charge < -0.3 is 26.3 Å². The summed E-state index contributed by atoms with van der Waals surface area (Å²) in [7, 11) is 0. The van der Waals surface area contributed by atoms with Crippen molar-refractivity contribution < 1.29 is 4.79 Å². The van der Waals surface area contributed by atoms with Crippen LogP contribution in [-0.4, -0.2) is 47.0 Å². The Bertz CT molecular complexity index is 1210. The van der Waals surface area contributed by atoms with E-state index in [2.05, 4.69) is 42.6 Å². The molecule has 1 aliphatic rings. The highest BCUT2D eigenvalue weighted by atomic mass is 16.2. The van der Waals surface area contributed by atoms with Crippen molar-refractivity contribution in [1.82, 2.24) is 20.3 Å². The summed E-state index contributed by atoms with van der Waals surface area (Å²) in [5.41, 5.74) is 9.68. The molecule has 4 aromatic rings. The van der Waals surface area contributed by atoms with Gasteiger partial charge >= 0.3 is 0 Å². The molecule has 5 N–H and O–H groups in total. The van der Waals surface area contributed by atoms with Crippen LogP contribution in [0.3, 0.4) is 0 Å². The van der Waals surface area contributed by atoms with Crippen LogP contribution in [0.15, 0.2) is 60.8 Å². The Labute approximate surface area is 185 Å². The molecule has 3 heterocycles. The van der Waals surface area contributed by atoms with E-state index in [1.54, 1.807) is 6.20 Å². The number of nitrogen functional groups attached to an aromatic ring is 1. The summed E-state index contributed by atoms with van der Waals surface area (Å²) in [6.07, 6.45) is 2.72. The summed E-state index contributed by atoms with van der Waals surface area (Å²) in [6.45, 7) is 4.06. The maximum atomic E-state index is 12.9. The summed E-state index contributed by atoms with van der Waals surface area (Å²) in [5.74, 6) is 0.271. The van der Waals surface area contributed by atoms with Gasteiger partial charge in [0.15, 0.2) is 11.5 Å². The molecule has 1 fully saturated rings. The number of benzene rings is 2. The Hall–Kier alpha value is -3.91. The average Bonchev–Trinajstić information content (AvgIpc) is 3.02. The van der Waals surface area contributed by atoms with Gasteiger partial charge in [-0.1, -0.05) is 30.3 Å². The molecule has 0 spiro atoms. The summed E-state index contributed by atoms with van der Waals surface area (Å²) in [4.78, 5) is 27.1. The molecule has 1 saturated heterocycles. The lowest BCUT2D eigenvalue weighted by Gasteiger charge is -2.22. The van der Waals surface area contributed by atoms with E-state index < -0.39 is 5.91 Å². The third-order valence-corrected chi connectivity index (χ3v) is 5.66. The number of hydrogen-bond donors (Lipinski definition) is 4. The fraction of sp³-hybridized carbons (Fsp3) is 0.208. The number of aromatic nitrogens is 3. The SMILES string of the molecule is Nc1ncc(-c2ccc(N3CCCNCC3)cc2)nc1C(=O)Nc1cc2ccccc2[nH]1. The van der Waals surface area contributed by atoms with Crippen LogP contribution in [0.5, 0.6) is 0 Å². The molecule has 5 rings (SSSR count). The van der Waals surface area contributed by atoms with Crippen LogP contribution in [0.1, 0.15) is 16.9 Å². The lowest BCUT2D eigenvalue weighted by atomic mass is 10.1. The second-order valence-electron chi connectivity index (χ2n) is 7.85. The number of aromatic amines is 1. The molecule has 0 saturated carbocycles. The van der Waals surface area contributed by atoms with Gasteiger partial charge in [0, 0.05) is 41.8 Å². The van der Waals surface area contributed by atoms with Gasteiger partial charge in [0.2, 0.25) is 0 Å². The number of nitrogens with two attached hydrogens (primary N) is 1. The van der Waals surface area contributed by atoms with Gasteiger partial charge in [0.05, 0.1) is 11.9 Å². The van der Waals surface area contributed by atoms with Crippen LogP contribution in [-0.2, 0) is 0 Å². The standard InChI is InChI=1S/C24H25N7O/c25-23-22(24(32)30-21-14-17-4-1-2-5-19(17)28-21)29-20(15-27-23)16-6-8-18(9-7-16)31-12-3-10-26-11-13-31/h1-2,4-9,14-15,26,28H,3,10-13H2,(H2,25,27)(H,30,32). The number of hydrogen-bond acceptors (Lipinski definition) is 6. The summed E-state index contributed by atoms with van der Waals surface area (Å²) in [5, 5.41) is 7.26. The Morgan fingerprint density at radius 3 is 2.75 bits per heavy atom. The topological polar surface area (TPSA) is 112 Å². The lowest BCUT2D eigenvalue weighted by molar-refractivity contribution is 0.102. The largest absolute Gasteiger partial charge is 0.382 e. The Kier molecular flexibility index (Phi) is 5.43. The highest BCUT2D eigenvalue weighted by molar-refractivity contribution is 6.06. The minimum absolute atomic E-state index is 0.0936. The number of amides is 1. The van der Waals surface area contributed by atoms with Crippen molar-refractivity contribution in [3.8, 4) is 11.3 Å². The molecule has 0 unspecified atom stereocenters. The van der Waals surface area contributed by atoms with Gasteiger partial charge in [-0.15, -0.1) is 0 Å². The minimum atomic E-state index is -0.405. The quantitative estimate of drug-likeness (QED) is 0.398. The first-order chi connectivity index (χ1) is 15.7. The number of para-hydroxylation sites is 1. The van der Waals surface area contributed by atoms with Crippen LogP contribution in [0.4, 0.5) is 17.3 Å². The van der Waals surface area contributed by atoms with E-state index >= 15 is 0 Å². The van der Waals surface area contributed by atoms with Crippen LogP contribution in [0.25, 0.3) is 22.2 Å². The predicted octanol–water partition coefficient (Wildman–Crippen LogP) is 3.26. The predicted molar refractivity (Wildman–Crippen MR) is 128 cm³/mol. The second kappa shape index (κ2) is 8.68. The third kappa shape index (κ3) is 4.13. The molecule has 162 valence electrons. The number of nitrogens with zero attached hydrogens (tertiary/aromatic N) is 3. The van der Waals surface area contributed by atoms with Gasteiger partial charge in [-0.25, -0.2) is 9.97 Å². The van der Waals surface area contributed by atoms with Crippen molar-refractivity contribution in [3.63, 3.8) is 0 Å². The van der Waals surface area contributed by atoms with E-state index in [1.807, 2.05) is 42.5 Å². The molecule has 0 aliphatic carbocycles. The molecule has 0 radical (unpaired) electrons. The molecule has 0 bridgehead atoms. The van der Waals surface area contributed by atoms with Crippen molar-refractivity contribution >= 4 is 34.1 Å². The smallest absolute Gasteiger partial charge is 0.279 e. The van der Waals surface area contributed by atoms with E-state index in [0.29, 0.717) is 11.5 Å². The number of nitrogens with one attached hydrogen (secondary N) is 3. The molecular weight excluding hydrogens is 402 g/mol. The van der Waals surface area contributed by atoms with Crippen LogP contribution < -0.4 is 21.3 Å². The zero-order valence-electron chi connectivity index (χ0n) is 17.6. The molecule has 1 aliphatic heterocycles. The maximum Gasteiger partial charge on any atom is 0.279 e. The van der Waals surface area contributed by atoms with Gasteiger partial charge in [0.1, 0.15) is 5.82 Å². The molecule has 2 aromatic carbocycles. The number of fused-ring (bicyclic) bond motifs is 1. The summed E-state index contributed by atoms with van der Waals surface area (Å²) in [6, 6.07) is 17.9. The Morgan fingerprint density at radius 1 is 1.06 bits per heavy atom. The monoisotopic (exact) mass is 427 g/mol. The number of carbonyl (C=O) groups is 1. The normalized spacial score (nSPS) is 14.3. The first-order valence-electron chi connectivity index (χ1n) is 10.7. The van der Waals surface area contributed by atoms with E-state index in [9.17, 15) is 4.79 Å². The average molecular weight is 428 g/mol. The van der Waals surface area contributed by atoms with E-state index in [-0.39, 0.29) is 11.5 Å². The van der Waals surface area contributed by atoms with Crippen molar-refractivity contribution in [2.45, 2.75) is 6.42 Å². The first-order valence-corrected chi connectivity index (χ1v) is 10.7. The molecule has 2 aromatic heterocycles. The van der Waals surface area contributed by atoms with Gasteiger partial charge in [0.25, 0.3) is 5.91 Å². The van der Waals surface area contributed by atoms with E-state index in [0.717, 1.165) is 49.1 Å². The van der Waals surface area contributed by atoms with Crippen molar-refractivity contribution in [3.05, 3.63) is 66.5 Å². The highest BCUT2D eigenvalue weighted by Gasteiger charge is 2.16. The fourth-order valence-corrected chi connectivity index (χ4v) is 3.97. The van der Waals surface area contributed by atoms with Crippen molar-refractivity contribution in [2.75, 3.05) is 42.1 Å². The van der Waals surface area contributed by atoms with Gasteiger partial charge in [-0.05, 0) is 37.2 Å².